The zero-order valence-corrected chi connectivity index (χ0v) is 8.83. The lowest BCUT2D eigenvalue weighted by Gasteiger charge is -2.11. The minimum absolute atomic E-state index is 0.623. The van der Waals surface area contributed by atoms with Gasteiger partial charge in [0, 0.05) is 18.0 Å². The summed E-state index contributed by atoms with van der Waals surface area (Å²) in [7, 11) is 0. The van der Waals surface area contributed by atoms with Crippen molar-refractivity contribution < 1.29 is 0 Å². The minimum Gasteiger partial charge on any atom is -0.311 e. The van der Waals surface area contributed by atoms with E-state index in [1.807, 2.05) is 0 Å². The molecule has 3 rings (SSSR count). The number of rotatable bonds is 2. The van der Waals surface area contributed by atoms with Crippen LogP contribution in [0, 0.1) is 5.92 Å². The fraction of sp³-hybridized carbons (Fsp3) is 0.538. The first-order valence-electron chi connectivity index (χ1n) is 5.61. The molecule has 0 aromatic heterocycles. The highest BCUT2D eigenvalue weighted by Gasteiger charge is 2.55. The van der Waals surface area contributed by atoms with Gasteiger partial charge < -0.3 is 5.32 Å². The molecule has 1 nitrogen and oxygen atoms in total. The fourth-order valence-corrected chi connectivity index (χ4v) is 2.96. The Kier molecular flexibility index (Phi) is 1.72. The third kappa shape index (κ3) is 1.12. The van der Waals surface area contributed by atoms with Crippen LogP contribution in [0.3, 0.4) is 0 Å². The van der Waals surface area contributed by atoms with Gasteiger partial charge in [0.2, 0.25) is 0 Å². The molecule has 3 unspecified atom stereocenters. The highest BCUT2D eigenvalue weighted by atomic mass is 15.0. The average molecular weight is 187 g/mol. The van der Waals surface area contributed by atoms with Crippen LogP contribution >= 0.6 is 0 Å². The van der Waals surface area contributed by atoms with E-state index < -0.39 is 0 Å². The number of nitrogens with one attached hydrogen (secondary N) is 1. The molecule has 3 atom stereocenters. The summed E-state index contributed by atoms with van der Waals surface area (Å²) in [6.07, 6.45) is 1.30. The van der Waals surface area contributed by atoms with Gasteiger partial charge in [0.1, 0.15) is 0 Å². The first kappa shape index (κ1) is 8.49. The Labute approximate surface area is 85.5 Å². The van der Waals surface area contributed by atoms with Crippen molar-refractivity contribution in [2.24, 2.45) is 5.92 Å². The highest BCUT2D eigenvalue weighted by Crippen LogP contribution is 2.56. The summed E-state index contributed by atoms with van der Waals surface area (Å²) in [6, 6.07) is 10.3. The molecule has 0 radical (unpaired) electrons. The molecule has 2 aliphatic rings. The van der Waals surface area contributed by atoms with Gasteiger partial charge in [0.25, 0.3) is 0 Å². The molecule has 0 saturated heterocycles. The van der Waals surface area contributed by atoms with E-state index in [9.17, 15) is 0 Å². The predicted molar refractivity (Wildman–Crippen MR) is 58.4 cm³/mol. The molecule has 1 fully saturated rings. The quantitative estimate of drug-likeness (QED) is 0.749. The lowest BCUT2D eigenvalue weighted by atomic mass is 10.1. The van der Waals surface area contributed by atoms with E-state index in [1.165, 1.54) is 6.42 Å². The summed E-state index contributed by atoms with van der Waals surface area (Å²) in [5.74, 6) is 1.73. The second kappa shape index (κ2) is 2.83. The maximum atomic E-state index is 3.66. The van der Waals surface area contributed by atoms with Gasteiger partial charge in [-0.1, -0.05) is 38.1 Å². The Balaban J connectivity index is 1.81. The van der Waals surface area contributed by atoms with E-state index in [4.69, 9.17) is 0 Å². The third-order valence-corrected chi connectivity index (χ3v) is 3.56. The first-order chi connectivity index (χ1) is 6.77. The van der Waals surface area contributed by atoms with Gasteiger partial charge in [-0.05, 0) is 23.5 Å². The summed E-state index contributed by atoms with van der Waals surface area (Å²) in [4.78, 5) is 0. The fourth-order valence-electron chi connectivity index (χ4n) is 2.96. The molecule has 1 aromatic rings. The van der Waals surface area contributed by atoms with Gasteiger partial charge in [-0.15, -0.1) is 0 Å². The Bertz CT molecular complexity index is 356. The zero-order valence-electron chi connectivity index (χ0n) is 8.83. The standard InChI is InChI=1S/C13H17N/c1-8(2)14-13-11-7-9-5-3-4-6-10(9)12(11)13/h3-6,8,11-14H,7H2,1-2H3. The van der Waals surface area contributed by atoms with Crippen molar-refractivity contribution in [1.82, 2.24) is 5.32 Å². The molecular formula is C13H17N. The van der Waals surface area contributed by atoms with Crippen LogP contribution in [-0.4, -0.2) is 12.1 Å². The maximum absolute atomic E-state index is 3.66. The topological polar surface area (TPSA) is 12.0 Å². The Morgan fingerprint density at radius 2 is 2.07 bits per heavy atom. The predicted octanol–water partition coefficient (Wildman–Crippen LogP) is 2.32. The average Bonchev–Trinajstić information content (AvgIpc) is 2.68. The van der Waals surface area contributed by atoms with Crippen LogP contribution in [0.5, 0.6) is 0 Å². The van der Waals surface area contributed by atoms with Gasteiger partial charge in [-0.25, -0.2) is 0 Å². The van der Waals surface area contributed by atoms with Crippen molar-refractivity contribution in [3.8, 4) is 0 Å². The SMILES string of the molecule is CC(C)NC1C2Cc3ccccc3C21. The number of hydrogen-bond donors (Lipinski definition) is 1. The molecule has 2 aliphatic carbocycles. The molecular weight excluding hydrogens is 170 g/mol. The molecule has 0 heterocycles. The lowest BCUT2D eigenvalue weighted by Crippen LogP contribution is -2.28. The highest BCUT2D eigenvalue weighted by molar-refractivity contribution is 5.45. The Hall–Kier alpha value is -0.820. The molecule has 0 spiro atoms. The Morgan fingerprint density at radius 3 is 2.86 bits per heavy atom. The van der Waals surface area contributed by atoms with Crippen LogP contribution in [0.2, 0.25) is 0 Å². The smallest absolute Gasteiger partial charge is 0.0179 e. The van der Waals surface area contributed by atoms with Gasteiger partial charge in [0.05, 0.1) is 0 Å². The summed E-state index contributed by atoms with van der Waals surface area (Å²) in [5, 5.41) is 3.66. The molecule has 1 saturated carbocycles. The van der Waals surface area contributed by atoms with Gasteiger partial charge in [-0.2, -0.15) is 0 Å². The summed E-state index contributed by atoms with van der Waals surface area (Å²) >= 11 is 0. The normalized spacial score (nSPS) is 32.9. The molecule has 1 N–H and O–H groups in total. The van der Waals surface area contributed by atoms with Crippen LogP contribution < -0.4 is 5.32 Å². The number of hydrogen-bond acceptors (Lipinski definition) is 1. The van der Waals surface area contributed by atoms with Crippen molar-refractivity contribution in [3.05, 3.63) is 35.4 Å². The van der Waals surface area contributed by atoms with E-state index in [-0.39, 0.29) is 0 Å². The summed E-state index contributed by atoms with van der Waals surface area (Å²) in [5.41, 5.74) is 3.19. The van der Waals surface area contributed by atoms with Gasteiger partial charge in [0.15, 0.2) is 0 Å². The van der Waals surface area contributed by atoms with E-state index in [0.717, 1.165) is 17.9 Å². The van der Waals surface area contributed by atoms with E-state index in [1.54, 1.807) is 11.1 Å². The molecule has 14 heavy (non-hydrogen) atoms. The summed E-state index contributed by atoms with van der Waals surface area (Å²) in [6.45, 7) is 4.47. The van der Waals surface area contributed by atoms with Crippen LogP contribution in [0.15, 0.2) is 24.3 Å². The van der Waals surface area contributed by atoms with Crippen LogP contribution in [-0.2, 0) is 6.42 Å². The lowest BCUT2D eigenvalue weighted by molar-refractivity contribution is 0.547. The van der Waals surface area contributed by atoms with E-state index in [2.05, 4.69) is 43.4 Å². The number of benzene rings is 1. The second-order valence-electron chi connectivity index (χ2n) is 4.94. The van der Waals surface area contributed by atoms with Crippen molar-refractivity contribution in [2.45, 2.75) is 38.3 Å². The monoisotopic (exact) mass is 187 g/mol. The summed E-state index contributed by atoms with van der Waals surface area (Å²) < 4.78 is 0. The molecule has 0 aliphatic heterocycles. The van der Waals surface area contributed by atoms with Crippen LogP contribution in [0.25, 0.3) is 0 Å². The van der Waals surface area contributed by atoms with Crippen molar-refractivity contribution in [2.75, 3.05) is 0 Å². The minimum atomic E-state index is 0.623. The van der Waals surface area contributed by atoms with Crippen molar-refractivity contribution in [3.63, 3.8) is 0 Å². The molecule has 0 amide bonds. The van der Waals surface area contributed by atoms with Gasteiger partial charge in [-0.3, -0.25) is 0 Å². The molecule has 74 valence electrons. The largest absolute Gasteiger partial charge is 0.311 e. The molecule has 0 bridgehead atoms. The van der Waals surface area contributed by atoms with Crippen molar-refractivity contribution in [1.29, 1.82) is 0 Å². The zero-order chi connectivity index (χ0) is 9.71. The van der Waals surface area contributed by atoms with E-state index in [0.29, 0.717) is 6.04 Å². The second-order valence-corrected chi connectivity index (χ2v) is 4.94. The number of fused-ring (bicyclic) bond motifs is 3. The van der Waals surface area contributed by atoms with Gasteiger partial charge >= 0.3 is 0 Å². The van der Waals surface area contributed by atoms with E-state index >= 15 is 0 Å². The Morgan fingerprint density at radius 1 is 1.29 bits per heavy atom. The van der Waals surface area contributed by atoms with Crippen molar-refractivity contribution >= 4 is 0 Å². The molecule has 1 aromatic carbocycles. The third-order valence-electron chi connectivity index (χ3n) is 3.56. The van der Waals surface area contributed by atoms with Crippen LogP contribution in [0.4, 0.5) is 0 Å². The first-order valence-corrected chi connectivity index (χ1v) is 5.61. The van der Waals surface area contributed by atoms with Crippen LogP contribution in [0.1, 0.15) is 30.9 Å². The maximum Gasteiger partial charge on any atom is 0.0179 e. The molecule has 1 heteroatoms.